The molecule has 3 N–H and O–H groups in total. The number of fused-ring (bicyclic) bond motifs is 3. The first-order chi connectivity index (χ1) is 16.3. The van der Waals surface area contributed by atoms with Crippen LogP contribution in [0.15, 0.2) is 66.7 Å². The van der Waals surface area contributed by atoms with Gasteiger partial charge in [-0.25, -0.2) is 9.59 Å². The fourth-order valence-corrected chi connectivity index (χ4v) is 4.21. The van der Waals surface area contributed by atoms with Crippen LogP contribution in [0, 0.1) is 5.92 Å². The van der Waals surface area contributed by atoms with Crippen molar-refractivity contribution >= 4 is 35.3 Å². The molecule has 3 aromatic rings. The zero-order valence-electron chi connectivity index (χ0n) is 18.4. The van der Waals surface area contributed by atoms with Crippen LogP contribution in [-0.2, 0) is 9.53 Å². The highest BCUT2D eigenvalue weighted by molar-refractivity contribution is 6.31. The lowest BCUT2D eigenvalue weighted by atomic mass is 9.98. The van der Waals surface area contributed by atoms with E-state index in [4.69, 9.17) is 16.3 Å². The van der Waals surface area contributed by atoms with Crippen LogP contribution in [0.2, 0.25) is 5.02 Å². The molecule has 0 fully saturated rings. The van der Waals surface area contributed by atoms with E-state index in [1.165, 1.54) is 18.2 Å². The second-order valence-corrected chi connectivity index (χ2v) is 8.53. The van der Waals surface area contributed by atoms with Crippen LogP contribution in [0.4, 0.5) is 10.5 Å². The molecule has 0 saturated carbocycles. The summed E-state index contributed by atoms with van der Waals surface area (Å²) >= 11 is 5.92. The third-order valence-electron chi connectivity index (χ3n) is 5.81. The van der Waals surface area contributed by atoms with Gasteiger partial charge in [-0.3, -0.25) is 4.79 Å². The number of carboxylic acids is 1. The number of carboxylic acid groups (broad SMARTS) is 1. The number of ether oxygens (including phenoxy) is 1. The van der Waals surface area contributed by atoms with Crippen LogP contribution in [0.5, 0.6) is 0 Å². The van der Waals surface area contributed by atoms with Gasteiger partial charge >= 0.3 is 12.1 Å². The average Bonchev–Trinajstić information content (AvgIpc) is 3.14. The van der Waals surface area contributed by atoms with Crippen molar-refractivity contribution in [1.82, 2.24) is 5.32 Å². The number of nitrogens with one attached hydrogen (secondary N) is 2. The molecule has 0 saturated heterocycles. The maximum atomic E-state index is 12.5. The molecule has 0 heterocycles. The lowest BCUT2D eigenvalue weighted by Gasteiger charge is -2.16. The monoisotopic (exact) mass is 478 g/mol. The first-order valence-corrected chi connectivity index (χ1v) is 11.2. The third kappa shape index (κ3) is 4.89. The quantitative estimate of drug-likeness (QED) is 0.435. The molecule has 34 heavy (non-hydrogen) atoms. The Bertz CT molecular complexity index is 1210. The second kappa shape index (κ2) is 9.97. The van der Waals surface area contributed by atoms with Crippen molar-refractivity contribution in [1.29, 1.82) is 0 Å². The maximum absolute atomic E-state index is 12.5. The average molecular weight is 479 g/mol. The van der Waals surface area contributed by atoms with Crippen molar-refractivity contribution in [2.45, 2.75) is 12.8 Å². The summed E-state index contributed by atoms with van der Waals surface area (Å²) in [6.07, 6.45) is -0.629. The van der Waals surface area contributed by atoms with Gasteiger partial charge in [-0.05, 0) is 40.5 Å². The van der Waals surface area contributed by atoms with Crippen LogP contribution >= 0.6 is 11.6 Å². The predicted molar refractivity (Wildman–Crippen MR) is 129 cm³/mol. The Balaban J connectivity index is 1.32. The number of carbonyl (C=O) groups is 3. The van der Waals surface area contributed by atoms with Gasteiger partial charge in [0, 0.05) is 17.5 Å². The van der Waals surface area contributed by atoms with Gasteiger partial charge in [0.05, 0.1) is 17.2 Å². The summed E-state index contributed by atoms with van der Waals surface area (Å²) in [5.41, 5.74) is 4.52. The maximum Gasteiger partial charge on any atom is 0.407 e. The van der Waals surface area contributed by atoms with Crippen LogP contribution in [-0.4, -0.2) is 36.2 Å². The van der Waals surface area contributed by atoms with Gasteiger partial charge in [-0.15, -0.1) is 0 Å². The number of alkyl carbamates (subject to hydrolysis) is 1. The van der Waals surface area contributed by atoms with E-state index >= 15 is 0 Å². The van der Waals surface area contributed by atoms with Gasteiger partial charge in [0.2, 0.25) is 5.91 Å². The van der Waals surface area contributed by atoms with Gasteiger partial charge in [0.15, 0.2) is 0 Å². The largest absolute Gasteiger partial charge is 0.478 e. The molecule has 1 aliphatic rings. The van der Waals surface area contributed by atoms with Crippen molar-refractivity contribution < 1.29 is 24.2 Å². The van der Waals surface area contributed by atoms with E-state index in [1.54, 1.807) is 6.92 Å². The summed E-state index contributed by atoms with van der Waals surface area (Å²) in [4.78, 5) is 36.2. The molecule has 4 rings (SSSR count). The SMILES string of the molecule is CC(CNC(=O)OCC1c2ccccc2-c2ccccc21)C(=O)Nc1cc(Cl)ccc1C(=O)O. The van der Waals surface area contributed by atoms with E-state index in [-0.39, 0.29) is 30.3 Å². The second-order valence-electron chi connectivity index (χ2n) is 8.09. The number of carbonyl (C=O) groups excluding carboxylic acids is 2. The van der Waals surface area contributed by atoms with E-state index in [1.807, 2.05) is 36.4 Å². The summed E-state index contributed by atoms with van der Waals surface area (Å²) in [7, 11) is 0. The molecule has 3 aromatic carbocycles. The van der Waals surface area contributed by atoms with E-state index < -0.39 is 23.9 Å². The van der Waals surface area contributed by atoms with Gasteiger partial charge in [0.1, 0.15) is 6.61 Å². The number of benzene rings is 3. The molecule has 7 nitrogen and oxygen atoms in total. The van der Waals surface area contributed by atoms with Gasteiger partial charge in [0.25, 0.3) is 0 Å². The Morgan fingerprint density at radius 3 is 2.24 bits per heavy atom. The first-order valence-electron chi connectivity index (χ1n) is 10.8. The highest BCUT2D eigenvalue weighted by Gasteiger charge is 2.29. The van der Waals surface area contributed by atoms with E-state index in [9.17, 15) is 19.5 Å². The molecule has 0 radical (unpaired) electrons. The van der Waals surface area contributed by atoms with E-state index in [2.05, 4.69) is 22.8 Å². The third-order valence-corrected chi connectivity index (χ3v) is 6.05. The van der Waals surface area contributed by atoms with Crippen molar-refractivity contribution in [3.05, 3.63) is 88.4 Å². The highest BCUT2D eigenvalue weighted by Crippen LogP contribution is 2.44. The number of rotatable bonds is 7. The normalized spacial score (nSPS) is 12.9. The Morgan fingerprint density at radius 2 is 1.62 bits per heavy atom. The van der Waals surface area contributed by atoms with Crippen molar-refractivity contribution in [3.63, 3.8) is 0 Å². The van der Waals surface area contributed by atoms with Crippen molar-refractivity contribution in [2.75, 3.05) is 18.5 Å². The standard InChI is InChI=1S/C26H23ClN2O5/c1-15(24(30)29-23-12-16(27)10-11-21(23)25(31)32)13-28-26(33)34-14-22-19-8-4-2-6-17(19)18-7-3-5-9-20(18)22/h2-12,15,22H,13-14H2,1H3,(H,28,33)(H,29,30)(H,31,32). The number of amides is 2. The minimum atomic E-state index is -1.18. The molecule has 174 valence electrons. The topological polar surface area (TPSA) is 105 Å². The van der Waals surface area contributed by atoms with Gasteiger partial charge < -0.3 is 20.5 Å². The lowest BCUT2D eigenvalue weighted by Crippen LogP contribution is -2.35. The van der Waals surface area contributed by atoms with E-state index in [0.29, 0.717) is 5.02 Å². The van der Waals surface area contributed by atoms with Gasteiger partial charge in [-0.2, -0.15) is 0 Å². The first kappa shape index (κ1) is 23.3. The zero-order chi connectivity index (χ0) is 24.2. The Morgan fingerprint density at radius 1 is 1.00 bits per heavy atom. The summed E-state index contributed by atoms with van der Waals surface area (Å²) in [5, 5.41) is 14.7. The minimum Gasteiger partial charge on any atom is -0.478 e. The van der Waals surface area contributed by atoms with Gasteiger partial charge in [-0.1, -0.05) is 67.1 Å². The summed E-state index contributed by atoms with van der Waals surface area (Å²) < 4.78 is 5.48. The minimum absolute atomic E-state index is 0.0193. The van der Waals surface area contributed by atoms with Crippen molar-refractivity contribution in [3.8, 4) is 11.1 Å². The smallest absolute Gasteiger partial charge is 0.407 e. The van der Waals surface area contributed by atoms with Crippen molar-refractivity contribution in [2.24, 2.45) is 5.92 Å². The Kier molecular flexibility index (Phi) is 6.84. The molecule has 0 aliphatic heterocycles. The number of halogens is 1. The molecular formula is C26H23ClN2O5. The fraction of sp³-hybridized carbons (Fsp3) is 0.192. The van der Waals surface area contributed by atoms with Crippen LogP contribution in [0.1, 0.15) is 34.3 Å². The number of anilines is 1. The fourth-order valence-electron chi connectivity index (χ4n) is 4.04. The number of hydrogen-bond donors (Lipinski definition) is 3. The predicted octanol–water partition coefficient (Wildman–Crippen LogP) is 5.15. The number of aromatic carboxylic acids is 1. The molecular weight excluding hydrogens is 456 g/mol. The molecule has 0 aromatic heterocycles. The molecule has 1 aliphatic carbocycles. The molecule has 0 bridgehead atoms. The zero-order valence-corrected chi connectivity index (χ0v) is 19.1. The highest BCUT2D eigenvalue weighted by atomic mass is 35.5. The van der Waals surface area contributed by atoms with Crippen LogP contribution < -0.4 is 10.6 Å². The summed E-state index contributed by atoms with van der Waals surface area (Å²) in [6.45, 7) is 1.81. The number of hydrogen-bond acceptors (Lipinski definition) is 4. The molecule has 8 heteroatoms. The Hall–Kier alpha value is -3.84. The van der Waals surface area contributed by atoms with E-state index in [0.717, 1.165) is 22.3 Å². The molecule has 1 unspecified atom stereocenters. The summed E-state index contributed by atoms with van der Waals surface area (Å²) in [6, 6.07) is 20.2. The van der Waals surface area contributed by atoms with Crippen LogP contribution in [0.25, 0.3) is 11.1 Å². The lowest BCUT2D eigenvalue weighted by molar-refractivity contribution is -0.119. The Labute approximate surface area is 201 Å². The summed E-state index contributed by atoms with van der Waals surface area (Å²) in [5.74, 6) is -2.34. The molecule has 0 spiro atoms. The molecule has 2 amide bonds. The van der Waals surface area contributed by atoms with Crippen LogP contribution in [0.3, 0.4) is 0 Å². The molecule has 1 atom stereocenters.